The molecule has 0 spiro atoms. The Kier molecular flexibility index (Phi) is 7.96. The topological polar surface area (TPSA) is 61.4 Å². The van der Waals surface area contributed by atoms with E-state index < -0.39 is 6.04 Å². The minimum Gasteiger partial charge on any atom is -0.336 e. The molecule has 0 saturated carbocycles. The van der Waals surface area contributed by atoms with Gasteiger partial charge in [0.1, 0.15) is 6.04 Å². The highest BCUT2D eigenvalue weighted by molar-refractivity contribution is 6.01. The van der Waals surface area contributed by atoms with Gasteiger partial charge >= 0.3 is 0 Å². The predicted molar refractivity (Wildman–Crippen MR) is 125 cm³/mol. The molecule has 3 aromatic rings. The van der Waals surface area contributed by atoms with Crippen molar-refractivity contribution in [2.24, 2.45) is 0 Å². The van der Waals surface area contributed by atoms with Gasteiger partial charge in [-0.1, -0.05) is 74.5 Å². The molecule has 0 bridgehead atoms. The Morgan fingerprint density at radius 3 is 1.97 bits per heavy atom. The van der Waals surface area contributed by atoms with Crippen LogP contribution in [0.1, 0.15) is 41.4 Å². The van der Waals surface area contributed by atoms with Gasteiger partial charge in [0.2, 0.25) is 0 Å². The van der Waals surface area contributed by atoms with Gasteiger partial charge in [0.25, 0.3) is 11.8 Å². The standard InChI is InChI=1S/C26H29N3O2/c1-3-29(4-2)19-20-15-17-22(18-16-20)25(30)28-24(21-11-7-5-8-12-21)26(31)27-23-13-9-6-10-14-23/h5-18,24H,3-4,19H2,1-2H3,(H,27,31)(H,28,30). The molecule has 31 heavy (non-hydrogen) atoms. The average molecular weight is 416 g/mol. The van der Waals surface area contributed by atoms with E-state index in [1.54, 1.807) is 0 Å². The van der Waals surface area contributed by atoms with Crippen molar-refractivity contribution in [3.8, 4) is 0 Å². The lowest BCUT2D eigenvalue weighted by atomic mass is 10.0. The molecule has 5 heteroatoms. The van der Waals surface area contributed by atoms with Gasteiger partial charge in [0, 0.05) is 17.8 Å². The number of nitrogens with zero attached hydrogens (tertiary/aromatic N) is 1. The van der Waals surface area contributed by atoms with Crippen molar-refractivity contribution in [1.29, 1.82) is 0 Å². The van der Waals surface area contributed by atoms with Gasteiger partial charge in [0.15, 0.2) is 0 Å². The van der Waals surface area contributed by atoms with Crippen molar-refractivity contribution in [2.75, 3.05) is 18.4 Å². The van der Waals surface area contributed by atoms with Crippen LogP contribution in [0.15, 0.2) is 84.9 Å². The van der Waals surface area contributed by atoms with E-state index in [4.69, 9.17) is 0 Å². The Bertz CT molecular complexity index is 969. The molecule has 0 aromatic heterocycles. The maximum absolute atomic E-state index is 13.0. The smallest absolute Gasteiger partial charge is 0.252 e. The van der Waals surface area contributed by atoms with E-state index in [-0.39, 0.29) is 11.8 Å². The van der Waals surface area contributed by atoms with Gasteiger partial charge in [-0.15, -0.1) is 0 Å². The molecule has 3 rings (SSSR count). The monoisotopic (exact) mass is 415 g/mol. The van der Waals surface area contributed by atoms with Gasteiger partial charge in [-0.25, -0.2) is 0 Å². The Morgan fingerprint density at radius 2 is 1.39 bits per heavy atom. The summed E-state index contributed by atoms with van der Waals surface area (Å²) in [6.45, 7) is 7.08. The van der Waals surface area contributed by atoms with Crippen LogP contribution in [0, 0.1) is 0 Å². The summed E-state index contributed by atoms with van der Waals surface area (Å²) in [7, 11) is 0. The first kappa shape index (κ1) is 22.2. The number of amides is 2. The van der Waals surface area contributed by atoms with Crippen molar-refractivity contribution >= 4 is 17.5 Å². The fourth-order valence-electron chi connectivity index (χ4n) is 3.36. The van der Waals surface area contributed by atoms with Crippen LogP contribution in [0.2, 0.25) is 0 Å². The third-order valence-electron chi connectivity index (χ3n) is 5.23. The van der Waals surface area contributed by atoms with E-state index in [0.29, 0.717) is 11.3 Å². The molecule has 0 aliphatic heterocycles. The zero-order valence-corrected chi connectivity index (χ0v) is 18.0. The third kappa shape index (κ3) is 6.27. The first-order valence-corrected chi connectivity index (χ1v) is 10.6. The largest absolute Gasteiger partial charge is 0.336 e. The summed E-state index contributed by atoms with van der Waals surface area (Å²) in [6, 6.07) is 25.2. The normalized spacial score (nSPS) is 11.7. The second-order valence-corrected chi connectivity index (χ2v) is 7.33. The van der Waals surface area contributed by atoms with Crippen molar-refractivity contribution in [3.05, 3.63) is 102 Å². The summed E-state index contributed by atoms with van der Waals surface area (Å²) in [6.07, 6.45) is 0. The molecule has 160 valence electrons. The first-order valence-electron chi connectivity index (χ1n) is 10.6. The summed E-state index contributed by atoms with van der Waals surface area (Å²) in [5, 5.41) is 5.77. The van der Waals surface area contributed by atoms with Crippen LogP contribution in [0.25, 0.3) is 0 Å². The summed E-state index contributed by atoms with van der Waals surface area (Å²) in [5.74, 6) is -0.574. The zero-order chi connectivity index (χ0) is 22.1. The molecule has 0 saturated heterocycles. The highest BCUT2D eigenvalue weighted by Crippen LogP contribution is 2.17. The fourth-order valence-corrected chi connectivity index (χ4v) is 3.36. The maximum Gasteiger partial charge on any atom is 0.252 e. The second kappa shape index (κ2) is 11.1. The third-order valence-corrected chi connectivity index (χ3v) is 5.23. The molecular weight excluding hydrogens is 386 g/mol. The van der Waals surface area contributed by atoms with Gasteiger partial charge in [0.05, 0.1) is 0 Å². The Hall–Kier alpha value is -3.44. The average Bonchev–Trinajstić information content (AvgIpc) is 2.82. The van der Waals surface area contributed by atoms with Crippen molar-refractivity contribution in [1.82, 2.24) is 10.2 Å². The predicted octanol–water partition coefficient (Wildman–Crippen LogP) is 4.64. The van der Waals surface area contributed by atoms with E-state index in [9.17, 15) is 9.59 Å². The van der Waals surface area contributed by atoms with Crippen LogP contribution in [0.4, 0.5) is 5.69 Å². The molecule has 5 nitrogen and oxygen atoms in total. The second-order valence-electron chi connectivity index (χ2n) is 7.33. The lowest BCUT2D eigenvalue weighted by Gasteiger charge is -2.20. The van der Waals surface area contributed by atoms with Crippen LogP contribution in [0.5, 0.6) is 0 Å². The van der Waals surface area contributed by atoms with Crippen LogP contribution in [-0.4, -0.2) is 29.8 Å². The summed E-state index contributed by atoms with van der Waals surface area (Å²) < 4.78 is 0. The fraction of sp³-hybridized carbons (Fsp3) is 0.231. The van der Waals surface area contributed by atoms with Crippen LogP contribution in [0.3, 0.4) is 0 Å². The van der Waals surface area contributed by atoms with E-state index >= 15 is 0 Å². The number of carbonyl (C=O) groups excluding carboxylic acids is 2. The zero-order valence-electron chi connectivity index (χ0n) is 18.0. The van der Waals surface area contributed by atoms with Crippen LogP contribution < -0.4 is 10.6 Å². The molecule has 1 unspecified atom stereocenters. The molecule has 2 amide bonds. The molecule has 0 radical (unpaired) electrons. The Morgan fingerprint density at radius 1 is 0.806 bits per heavy atom. The SMILES string of the molecule is CCN(CC)Cc1ccc(C(=O)NC(C(=O)Nc2ccccc2)c2ccccc2)cc1. The lowest BCUT2D eigenvalue weighted by Crippen LogP contribution is -2.37. The van der Waals surface area contributed by atoms with Gasteiger partial charge in [-0.3, -0.25) is 14.5 Å². The van der Waals surface area contributed by atoms with E-state index in [2.05, 4.69) is 29.4 Å². The Labute approximate surface area is 184 Å². The molecule has 0 aliphatic carbocycles. The highest BCUT2D eigenvalue weighted by atomic mass is 16.2. The molecular formula is C26H29N3O2. The van der Waals surface area contributed by atoms with E-state index in [1.165, 1.54) is 0 Å². The molecule has 0 heterocycles. The number of nitrogens with one attached hydrogen (secondary N) is 2. The molecule has 3 aromatic carbocycles. The number of carbonyl (C=O) groups is 2. The summed E-state index contributed by atoms with van der Waals surface area (Å²) in [4.78, 5) is 28.2. The number of hydrogen-bond donors (Lipinski definition) is 2. The maximum atomic E-state index is 13.0. The van der Waals surface area contributed by atoms with Gasteiger partial charge in [-0.05, 0) is 48.5 Å². The highest BCUT2D eigenvalue weighted by Gasteiger charge is 2.23. The van der Waals surface area contributed by atoms with Crippen LogP contribution in [-0.2, 0) is 11.3 Å². The number of anilines is 1. The van der Waals surface area contributed by atoms with Crippen LogP contribution >= 0.6 is 0 Å². The Balaban J connectivity index is 1.74. The summed E-state index contributed by atoms with van der Waals surface area (Å²) in [5.41, 5.74) is 3.09. The number of para-hydroxylation sites is 1. The lowest BCUT2D eigenvalue weighted by molar-refractivity contribution is -0.118. The van der Waals surface area contributed by atoms with Gasteiger partial charge < -0.3 is 10.6 Å². The minimum atomic E-state index is -0.802. The van der Waals surface area contributed by atoms with E-state index in [1.807, 2.05) is 84.9 Å². The number of benzene rings is 3. The van der Waals surface area contributed by atoms with Crippen molar-refractivity contribution in [3.63, 3.8) is 0 Å². The molecule has 0 fully saturated rings. The summed E-state index contributed by atoms with van der Waals surface area (Å²) >= 11 is 0. The molecule has 0 aliphatic rings. The number of rotatable bonds is 9. The first-order chi connectivity index (χ1) is 15.1. The number of hydrogen-bond acceptors (Lipinski definition) is 3. The van der Waals surface area contributed by atoms with E-state index in [0.717, 1.165) is 30.8 Å². The quantitative estimate of drug-likeness (QED) is 0.535. The molecule has 1 atom stereocenters. The minimum absolute atomic E-state index is 0.286. The van der Waals surface area contributed by atoms with Crippen molar-refractivity contribution in [2.45, 2.75) is 26.4 Å². The molecule has 2 N–H and O–H groups in total. The van der Waals surface area contributed by atoms with Gasteiger partial charge in [-0.2, -0.15) is 0 Å². The van der Waals surface area contributed by atoms with Crippen molar-refractivity contribution < 1.29 is 9.59 Å².